The lowest BCUT2D eigenvalue weighted by atomic mass is 10.1. The lowest BCUT2D eigenvalue weighted by Crippen LogP contribution is -2.26. The van der Waals surface area contributed by atoms with Crippen LogP contribution in [0, 0.1) is 24.0 Å². The van der Waals surface area contributed by atoms with Crippen molar-refractivity contribution in [3.8, 4) is 0 Å². The van der Waals surface area contributed by atoms with Gasteiger partial charge in [-0.3, -0.25) is 20.5 Å². The van der Waals surface area contributed by atoms with E-state index in [1.165, 1.54) is 10.6 Å². The maximum Gasteiger partial charge on any atom is 0.348 e. The number of nitrogens with one attached hydrogen (secondary N) is 1. The van der Waals surface area contributed by atoms with Crippen LogP contribution >= 0.6 is 0 Å². The van der Waals surface area contributed by atoms with E-state index in [1.807, 2.05) is 6.92 Å². The van der Waals surface area contributed by atoms with Gasteiger partial charge in [-0.2, -0.15) is 4.98 Å². The van der Waals surface area contributed by atoms with Crippen LogP contribution in [0.5, 0.6) is 0 Å². The summed E-state index contributed by atoms with van der Waals surface area (Å²) in [5.41, 5.74) is 4.16. The smallest absolute Gasteiger partial charge is 0.318 e. The van der Waals surface area contributed by atoms with E-state index in [-0.39, 0.29) is 23.6 Å². The van der Waals surface area contributed by atoms with E-state index in [2.05, 4.69) is 10.4 Å². The molecule has 0 aliphatic rings. The molecule has 0 fully saturated rings. The van der Waals surface area contributed by atoms with Crippen LogP contribution in [0.3, 0.4) is 0 Å². The van der Waals surface area contributed by atoms with Crippen LogP contribution in [-0.4, -0.2) is 14.5 Å². The van der Waals surface area contributed by atoms with E-state index in [9.17, 15) is 14.9 Å². The fraction of sp³-hybridized carbons (Fsp3) is 0.231. The highest BCUT2D eigenvalue weighted by molar-refractivity contribution is 5.62. The molecule has 2 rings (SSSR count). The quantitative estimate of drug-likeness (QED) is 0.494. The molecule has 0 bridgehead atoms. The lowest BCUT2D eigenvalue weighted by Gasteiger charge is -2.11. The minimum atomic E-state index is -0.524. The number of nitrogens with zero attached hydrogens (tertiary/aromatic N) is 3. The van der Waals surface area contributed by atoms with E-state index in [0.29, 0.717) is 11.3 Å². The second-order valence-corrected chi connectivity index (χ2v) is 4.66. The van der Waals surface area contributed by atoms with Gasteiger partial charge in [0.15, 0.2) is 0 Å². The lowest BCUT2D eigenvalue weighted by molar-refractivity contribution is -0.384. The summed E-state index contributed by atoms with van der Waals surface area (Å²) in [6.45, 7) is 3.83. The normalized spacial score (nSPS) is 10.4. The number of nitro benzene ring substituents is 1. The SMILES string of the molecule is Cc1cc(C)n(Cc2ccc([N+](=O)[O-])c(NN)c2)c(=O)n1. The average Bonchev–Trinajstić information content (AvgIpc) is 2.42. The van der Waals surface area contributed by atoms with Gasteiger partial charge in [-0.15, -0.1) is 0 Å². The number of nitrogen functional groups attached to an aromatic ring is 1. The van der Waals surface area contributed by atoms with Crippen LogP contribution < -0.4 is 17.0 Å². The summed E-state index contributed by atoms with van der Waals surface area (Å²) >= 11 is 0. The summed E-state index contributed by atoms with van der Waals surface area (Å²) in [7, 11) is 0. The summed E-state index contributed by atoms with van der Waals surface area (Å²) in [6.07, 6.45) is 0. The third kappa shape index (κ3) is 3.06. The predicted molar refractivity (Wildman–Crippen MR) is 78.0 cm³/mol. The fourth-order valence-corrected chi connectivity index (χ4v) is 2.11. The maximum absolute atomic E-state index is 11.9. The molecule has 0 atom stereocenters. The van der Waals surface area contributed by atoms with Gasteiger partial charge in [0.25, 0.3) is 5.69 Å². The largest absolute Gasteiger partial charge is 0.348 e. The third-order valence-corrected chi connectivity index (χ3v) is 3.10. The van der Waals surface area contributed by atoms with Gasteiger partial charge < -0.3 is 5.43 Å². The van der Waals surface area contributed by atoms with Crippen molar-refractivity contribution in [1.29, 1.82) is 0 Å². The van der Waals surface area contributed by atoms with Crippen molar-refractivity contribution in [2.24, 2.45) is 5.84 Å². The van der Waals surface area contributed by atoms with E-state index >= 15 is 0 Å². The van der Waals surface area contributed by atoms with Gasteiger partial charge in [0.2, 0.25) is 0 Å². The van der Waals surface area contributed by atoms with E-state index in [4.69, 9.17) is 5.84 Å². The molecule has 0 saturated heterocycles. The molecule has 0 amide bonds. The van der Waals surface area contributed by atoms with Gasteiger partial charge in [0.05, 0.1) is 11.5 Å². The van der Waals surface area contributed by atoms with Crippen molar-refractivity contribution >= 4 is 11.4 Å². The van der Waals surface area contributed by atoms with Crippen LogP contribution in [0.15, 0.2) is 29.1 Å². The molecule has 0 radical (unpaired) electrons. The first-order valence-corrected chi connectivity index (χ1v) is 6.21. The van der Waals surface area contributed by atoms with Crippen molar-refractivity contribution < 1.29 is 4.92 Å². The molecule has 0 saturated carbocycles. The Hall–Kier alpha value is -2.74. The Balaban J connectivity index is 2.41. The first-order chi connectivity index (χ1) is 9.92. The zero-order chi connectivity index (χ0) is 15.6. The predicted octanol–water partition coefficient (Wildman–Crippen LogP) is 1.10. The van der Waals surface area contributed by atoms with Gasteiger partial charge in [-0.05, 0) is 31.5 Å². The molecule has 3 N–H and O–H groups in total. The third-order valence-electron chi connectivity index (χ3n) is 3.10. The van der Waals surface area contributed by atoms with Crippen molar-refractivity contribution in [2.75, 3.05) is 5.43 Å². The Kier molecular flexibility index (Phi) is 3.99. The van der Waals surface area contributed by atoms with Crippen LogP contribution in [0.1, 0.15) is 17.0 Å². The van der Waals surface area contributed by atoms with Gasteiger partial charge in [-0.25, -0.2) is 4.79 Å². The molecular weight excluding hydrogens is 274 g/mol. The number of nitrogens with two attached hydrogens (primary N) is 1. The summed E-state index contributed by atoms with van der Waals surface area (Å²) < 4.78 is 1.49. The van der Waals surface area contributed by atoms with Crippen molar-refractivity contribution in [2.45, 2.75) is 20.4 Å². The standard InChI is InChI=1S/C13H15N5O3/c1-8-5-9(2)17(13(19)15-8)7-10-3-4-12(18(20)21)11(6-10)16-14/h3-6,16H,7,14H2,1-2H3. The highest BCUT2D eigenvalue weighted by Crippen LogP contribution is 2.24. The molecule has 8 heteroatoms. The molecule has 1 heterocycles. The Morgan fingerprint density at radius 3 is 2.67 bits per heavy atom. The highest BCUT2D eigenvalue weighted by atomic mass is 16.6. The van der Waals surface area contributed by atoms with Gasteiger partial charge in [-0.1, -0.05) is 6.07 Å². The summed E-state index contributed by atoms with van der Waals surface area (Å²) in [4.78, 5) is 26.1. The van der Waals surface area contributed by atoms with Crippen molar-refractivity contribution in [3.05, 3.63) is 61.8 Å². The second-order valence-electron chi connectivity index (χ2n) is 4.66. The summed E-state index contributed by atoms with van der Waals surface area (Å²) in [5.74, 6) is 5.30. The maximum atomic E-state index is 11.9. The summed E-state index contributed by atoms with van der Waals surface area (Å²) in [5, 5.41) is 10.8. The minimum Gasteiger partial charge on any atom is -0.318 e. The van der Waals surface area contributed by atoms with Gasteiger partial charge in [0, 0.05) is 17.5 Å². The zero-order valence-corrected chi connectivity index (χ0v) is 11.7. The average molecular weight is 289 g/mol. The first-order valence-electron chi connectivity index (χ1n) is 6.21. The van der Waals surface area contributed by atoms with Crippen LogP contribution in [0.4, 0.5) is 11.4 Å². The first kappa shape index (κ1) is 14.7. The monoisotopic (exact) mass is 289 g/mol. The molecule has 8 nitrogen and oxygen atoms in total. The van der Waals surface area contributed by atoms with Gasteiger partial charge >= 0.3 is 5.69 Å². The molecule has 0 unspecified atom stereocenters. The van der Waals surface area contributed by atoms with Crippen molar-refractivity contribution in [1.82, 2.24) is 9.55 Å². The number of nitro groups is 1. The number of anilines is 1. The number of rotatable bonds is 4. The zero-order valence-electron chi connectivity index (χ0n) is 11.7. The molecule has 0 aliphatic carbocycles. The number of hydrogen-bond donors (Lipinski definition) is 2. The minimum absolute atomic E-state index is 0.118. The van der Waals surface area contributed by atoms with E-state index < -0.39 is 4.92 Å². The fourth-order valence-electron chi connectivity index (χ4n) is 2.11. The Labute approximate surface area is 120 Å². The Morgan fingerprint density at radius 1 is 1.38 bits per heavy atom. The Morgan fingerprint density at radius 2 is 2.10 bits per heavy atom. The number of hydrazine groups is 1. The molecule has 21 heavy (non-hydrogen) atoms. The molecule has 0 aliphatic heterocycles. The topological polar surface area (TPSA) is 116 Å². The molecule has 110 valence electrons. The van der Waals surface area contributed by atoms with E-state index in [1.54, 1.807) is 25.1 Å². The number of hydrogen-bond acceptors (Lipinski definition) is 6. The molecule has 1 aromatic carbocycles. The number of aromatic nitrogens is 2. The highest BCUT2D eigenvalue weighted by Gasteiger charge is 2.14. The molecule has 2 aromatic rings. The second kappa shape index (κ2) is 5.71. The van der Waals surface area contributed by atoms with Gasteiger partial charge in [0.1, 0.15) is 5.69 Å². The summed E-state index contributed by atoms with van der Waals surface area (Å²) in [6, 6.07) is 6.29. The van der Waals surface area contributed by atoms with Crippen LogP contribution in [0.2, 0.25) is 0 Å². The number of aryl methyl sites for hydroxylation is 2. The van der Waals surface area contributed by atoms with Crippen LogP contribution in [0.25, 0.3) is 0 Å². The molecule has 0 spiro atoms. The van der Waals surface area contributed by atoms with E-state index in [0.717, 1.165) is 5.69 Å². The molecule has 1 aromatic heterocycles. The molecular formula is C13H15N5O3. The van der Waals surface area contributed by atoms with Crippen LogP contribution in [-0.2, 0) is 6.54 Å². The van der Waals surface area contributed by atoms with Crippen molar-refractivity contribution in [3.63, 3.8) is 0 Å². The number of benzene rings is 1. The Bertz CT molecular complexity index is 754.